The van der Waals surface area contributed by atoms with Gasteiger partial charge in [0.1, 0.15) is 0 Å². The Labute approximate surface area is 148 Å². The van der Waals surface area contributed by atoms with Crippen LogP contribution >= 0.6 is 11.3 Å². The number of aromatic nitrogens is 1. The number of benzene rings is 1. The molecule has 0 fully saturated rings. The highest BCUT2D eigenvalue weighted by molar-refractivity contribution is 7.14. The topological polar surface area (TPSA) is 84.2 Å². The van der Waals surface area contributed by atoms with Crippen molar-refractivity contribution in [2.45, 2.75) is 20.3 Å². The van der Waals surface area contributed by atoms with Crippen LogP contribution < -0.4 is 10.6 Å². The summed E-state index contributed by atoms with van der Waals surface area (Å²) in [7, 11) is 0. The Morgan fingerprint density at radius 2 is 2.00 bits per heavy atom. The minimum absolute atomic E-state index is 0.139. The highest BCUT2D eigenvalue weighted by Crippen LogP contribution is 2.18. The monoisotopic (exact) mass is 355 g/mol. The predicted octanol–water partition coefficient (Wildman–Crippen LogP) is 3.79. The van der Waals surface area contributed by atoms with Gasteiger partial charge in [-0.15, -0.1) is 11.3 Å². The van der Waals surface area contributed by atoms with Crippen LogP contribution in [0.5, 0.6) is 0 Å². The Morgan fingerprint density at radius 3 is 2.72 bits per heavy atom. The Morgan fingerprint density at radius 1 is 1.16 bits per heavy atom. The molecule has 0 aliphatic heterocycles. The van der Waals surface area contributed by atoms with Crippen LogP contribution in [-0.2, 0) is 11.2 Å². The molecule has 0 atom stereocenters. The predicted molar refractivity (Wildman–Crippen MR) is 97.0 cm³/mol. The van der Waals surface area contributed by atoms with E-state index < -0.39 is 0 Å². The van der Waals surface area contributed by atoms with Crippen LogP contribution in [0.2, 0.25) is 0 Å². The van der Waals surface area contributed by atoms with E-state index in [1.807, 2.05) is 32.0 Å². The van der Waals surface area contributed by atoms with E-state index >= 15 is 0 Å². The molecule has 2 heterocycles. The fraction of sp³-hybridized carbons (Fsp3) is 0.167. The number of furan rings is 1. The van der Waals surface area contributed by atoms with Gasteiger partial charge in [-0.25, -0.2) is 4.98 Å². The van der Waals surface area contributed by atoms with Crippen molar-refractivity contribution in [1.29, 1.82) is 0 Å². The molecular weight excluding hydrogens is 338 g/mol. The second-order valence-electron chi connectivity index (χ2n) is 5.60. The Hall–Kier alpha value is -2.93. The molecular formula is C18H17N3O3S. The zero-order valence-corrected chi connectivity index (χ0v) is 14.6. The largest absolute Gasteiger partial charge is 0.459 e. The van der Waals surface area contributed by atoms with Crippen LogP contribution in [0, 0.1) is 13.8 Å². The van der Waals surface area contributed by atoms with Crippen molar-refractivity contribution in [2.24, 2.45) is 0 Å². The molecule has 2 aromatic heterocycles. The quantitative estimate of drug-likeness (QED) is 0.729. The van der Waals surface area contributed by atoms with Gasteiger partial charge in [-0.1, -0.05) is 6.07 Å². The first-order chi connectivity index (χ1) is 12.0. The van der Waals surface area contributed by atoms with Crippen molar-refractivity contribution < 1.29 is 14.0 Å². The van der Waals surface area contributed by atoms with E-state index in [0.29, 0.717) is 10.8 Å². The van der Waals surface area contributed by atoms with Gasteiger partial charge in [0.2, 0.25) is 5.91 Å². The van der Waals surface area contributed by atoms with Gasteiger partial charge in [0.05, 0.1) is 18.4 Å². The van der Waals surface area contributed by atoms with Gasteiger partial charge >= 0.3 is 0 Å². The van der Waals surface area contributed by atoms with Crippen LogP contribution in [-0.4, -0.2) is 16.8 Å². The zero-order valence-electron chi connectivity index (χ0n) is 13.8. The lowest BCUT2D eigenvalue weighted by Crippen LogP contribution is -2.15. The summed E-state index contributed by atoms with van der Waals surface area (Å²) in [5.41, 5.74) is 3.65. The summed E-state index contributed by atoms with van der Waals surface area (Å²) in [5, 5.41) is 7.67. The fourth-order valence-electron chi connectivity index (χ4n) is 2.20. The minimum Gasteiger partial charge on any atom is -0.459 e. The summed E-state index contributed by atoms with van der Waals surface area (Å²) in [6.45, 7) is 4.02. The molecule has 0 bridgehead atoms. The Bertz CT molecular complexity index is 900. The number of amides is 2. The molecule has 2 amide bonds. The SMILES string of the molecule is Cc1ccc(NC(=O)Cc2csc(NC(=O)c3ccco3)n2)cc1C. The standard InChI is InChI=1S/C18H17N3O3S/c1-11-5-6-13(8-12(11)2)19-16(22)9-14-10-25-18(20-14)21-17(23)15-4-3-7-24-15/h3-8,10H,9H2,1-2H3,(H,19,22)(H,20,21,23). The third-order valence-corrected chi connectivity index (χ3v) is 4.46. The van der Waals surface area contributed by atoms with Crippen molar-refractivity contribution >= 4 is 34.0 Å². The number of carbonyl (C=O) groups excluding carboxylic acids is 2. The van der Waals surface area contributed by atoms with E-state index in [1.54, 1.807) is 17.5 Å². The van der Waals surface area contributed by atoms with Crippen molar-refractivity contribution in [3.05, 3.63) is 64.6 Å². The summed E-state index contributed by atoms with van der Waals surface area (Å²) in [4.78, 5) is 28.3. The maximum absolute atomic E-state index is 12.1. The lowest BCUT2D eigenvalue weighted by molar-refractivity contribution is -0.115. The van der Waals surface area contributed by atoms with Crippen LogP contribution in [0.4, 0.5) is 10.8 Å². The third kappa shape index (κ3) is 4.33. The number of thiazole rings is 1. The first kappa shape index (κ1) is 16.9. The van der Waals surface area contributed by atoms with Gasteiger partial charge in [-0.3, -0.25) is 14.9 Å². The lowest BCUT2D eigenvalue weighted by Gasteiger charge is -2.06. The highest BCUT2D eigenvalue weighted by Gasteiger charge is 2.13. The molecule has 3 rings (SSSR count). The fourth-order valence-corrected chi connectivity index (χ4v) is 2.91. The number of nitrogens with zero attached hydrogens (tertiary/aromatic N) is 1. The number of hydrogen-bond acceptors (Lipinski definition) is 5. The van der Waals surface area contributed by atoms with E-state index in [4.69, 9.17) is 4.42 Å². The van der Waals surface area contributed by atoms with E-state index in [9.17, 15) is 9.59 Å². The molecule has 7 heteroatoms. The highest BCUT2D eigenvalue weighted by atomic mass is 32.1. The van der Waals surface area contributed by atoms with Crippen molar-refractivity contribution in [2.75, 3.05) is 10.6 Å². The van der Waals surface area contributed by atoms with Crippen molar-refractivity contribution in [1.82, 2.24) is 4.98 Å². The van der Waals surface area contributed by atoms with Gasteiger partial charge in [0.25, 0.3) is 5.91 Å². The minimum atomic E-state index is -0.370. The molecule has 0 aliphatic carbocycles. The number of aryl methyl sites for hydroxylation is 2. The third-order valence-electron chi connectivity index (χ3n) is 3.65. The number of anilines is 2. The molecule has 25 heavy (non-hydrogen) atoms. The van der Waals surface area contributed by atoms with E-state index in [2.05, 4.69) is 15.6 Å². The molecule has 6 nitrogen and oxygen atoms in total. The Kier molecular flexibility index (Phi) is 4.95. The second kappa shape index (κ2) is 7.31. The molecule has 0 unspecified atom stereocenters. The van der Waals surface area contributed by atoms with E-state index in [0.717, 1.165) is 11.3 Å². The van der Waals surface area contributed by atoms with Crippen LogP contribution in [0.25, 0.3) is 0 Å². The maximum Gasteiger partial charge on any atom is 0.293 e. The molecule has 1 aromatic carbocycles. The lowest BCUT2D eigenvalue weighted by atomic mass is 10.1. The van der Waals surface area contributed by atoms with Gasteiger partial charge in [-0.2, -0.15) is 0 Å². The molecule has 0 aliphatic rings. The summed E-state index contributed by atoms with van der Waals surface area (Å²) in [6, 6.07) is 8.98. The molecule has 0 radical (unpaired) electrons. The Balaban J connectivity index is 1.58. The maximum atomic E-state index is 12.1. The summed E-state index contributed by atoms with van der Waals surface area (Å²) < 4.78 is 5.02. The average molecular weight is 355 g/mol. The van der Waals surface area contributed by atoms with Gasteiger partial charge in [0, 0.05) is 11.1 Å². The number of hydrogen-bond donors (Lipinski definition) is 2. The van der Waals surface area contributed by atoms with Crippen LogP contribution in [0.15, 0.2) is 46.4 Å². The zero-order chi connectivity index (χ0) is 17.8. The first-order valence-electron chi connectivity index (χ1n) is 7.67. The number of carbonyl (C=O) groups is 2. The van der Waals surface area contributed by atoms with E-state index in [-0.39, 0.29) is 24.0 Å². The number of nitrogens with one attached hydrogen (secondary N) is 2. The first-order valence-corrected chi connectivity index (χ1v) is 8.55. The number of rotatable bonds is 5. The molecule has 0 saturated carbocycles. The van der Waals surface area contributed by atoms with Gasteiger partial charge in [0.15, 0.2) is 10.9 Å². The van der Waals surface area contributed by atoms with Crippen LogP contribution in [0.3, 0.4) is 0 Å². The molecule has 3 aromatic rings. The molecule has 128 valence electrons. The molecule has 0 saturated heterocycles. The summed E-state index contributed by atoms with van der Waals surface area (Å²) >= 11 is 1.26. The van der Waals surface area contributed by atoms with Crippen molar-refractivity contribution in [3.8, 4) is 0 Å². The normalized spacial score (nSPS) is 10.5. The second-order valence-corrected chi connectivity index (χ2v) is 6.46. The van der Waals surface area contributed by atoms with Crippen LogP contribution in [0.1, 0.15) is 27.4 Å². The van der Waals surface area contributed by atoms with E-state index in [1.165, 1.54) is 23.2 Å². The van der Waals surface area contributed by atoms with Gasteiger partial charge < -0.3 is 9.73 Å². The van der Waals surface area contributed by atoms with Gasteiger partial charge in [-0.05, 0) is 49.2 Å². The average Bonchev–Trinajstić information content (AvgIpc) is 3.23. The molecule has 2 N–H and O–H groups in total. The smallest absolute Gasteiger partial charge is 0.293 e. The molecule has 0 spiro atoms. The summed E-state index contributed by atoms with van der Waals surface area (Å²) in [6.07, 6.45) is 1.57. The summed E-state index contributed by atoms with van der Waals surface area (Å²) in [5.74, 6) is -0.313. The van der Waals surface area contributed by atoms with Crippen molar-refractivity contribution in [3.63, 3.8) is 0 Å².